The molecule has 4 rings (SSSR count). The molecular formula is C22H21F4N5. The predicted molar refractivity (Wildman–Crippen MR) is 111 cm³/mol. The van der Waals surface area contributed by atoms with Gasteiger partial charge in [-0.05, 0) is 61.4 Å². The first kappa shape index (κ1) is 21.0. The molecule has 31 heavy (non-hydrogen) atoms. The van der Waals surface area contributed by atoms with Crippen molar-refractivity contribution < 1.29 is 17.6 Å². The van der Waals surface area contributed by atoms with E-state index in [1.54, 1.807) is 12.1 Å². The molecular weight excluding hydrogens is 410 g/mol. The summed E-state index contributed by atoms with van der Waals surface area (Å²) in [6.45, 7) is 6.46. The summed E-state index contributed by atoms with van der Waals surface area (Å²) in [5.41, 5.74) is 2.74. The topological polar surface area (TPSA) is 45.2 Å². The molecule has 0 spiro atoms. The molecule has 0 bridgehead atoms. The maximum atomic E-state index is 13.2. The van der Waals surface area contributed by atoms with Gasteiger partial charge in [0.25, 0.3) is 0 Å². The highest BCUT2D eigenvalue weighted by Gasteiger charge is 2.31. The molecule has 0 radical (unpaired) electrons. The van der Waals surface area contributed by atoms with Gasteiger partial charge in [0.05, 0.1) is 11.3 Å². The summed E-state index contributed by atoms with van der Waals surface area (Å²) in [4.78, 5) is 8.06. The molecule has 0 saturated carbocycles. The number of aromatic nitrogens is 3. The largest absolute Gasteiger partial charge is 0.417 e. The number of anilines is 2. The monoisotopic (exact) mass is 431 g/mol. The molecule has 5 nitrogen and oxygen atoms in total. The number of halogens is 4. The summed E-state index contributed by atoms with van der Waals surface area (Å²) < 4.78 is 51.4. The van der Waals surface area contributed by atoms with Crippen molar-refractivity contribution in [2.45, 2.75) is 20.0 Å². The summed E-state index contributed by atoms with van der Waals surface area (Å²) in [5.74, 6) is 1.00. The average Bonchev–Trinajstić information content (AvgIpc) is 2.76. The summed E-state index contributed by atoms with van der Waals surface area (Å²) in [7, 11) is 0. The Kier molecular flexibility index (Phi) is 5.51. The van der Waals surface area contributed by atoms with Gasteiger partial charge in [-0.25, -0.2) is 9.37 Å². The highest BCUT2D eigenvalue weighted by molar-refractivity contribution is 5.67. The Morgan fingerprint density at radius 1 is 0.806 bits per heavy atom. The molecule has 9 heteroatoms. The van der Waals surface area contributed by atoms with Crippen LogP contribution in [-0.4, -0.2) is 41.4 Å². The molecule has 162 valence electrons. The molecule has 1 aliphatic heterocycles. The van der Waals surface area contributed by atoms with Crippen molar-refractivity contribution in [2.75, 3.05) is 36.0 Å². The fraction of sp³-hybridized carbons (Fsp3) is 0.318. The number of benzene rings is 1. The predicted octanol–water partition coefficient (Wildman–Crippen LogP) is 4.64. The van der Waals surface area contributed by atoms with E-state index in [9.17, 15) is 17.6 Å². The first-order chi connectivity index (χ1) is 14.7. The molecule has 1 saturated heterocycles. The third kappa shape index (κ3) is 4.30. The number of hydrogen-bond acceptors (Lipinski definition) is 5. The van der Waals surface area contributed by atoms with Crippen LogP contribution in [0.2, 0.25) is 0 Å². The number of pyridine rings is 1. The Hall–Kier alpha value is -3.23. The minimum atomic E-state index is -4.39. The molecule has 0 amide bonds. The number of alkyl halides is 3. The molecule has 0 N–H and O–H groups in total. The number of piperazine rings is 1. The van der Waals surface area contributed by atoms with E-state index >= 15 is 0 Å². The molecule has 0 aliphatic carbocycles. The van der Waals surface area contributed by atoms with Gasteiger partial charge < -0.3 is 9.80 Å². The van der Waals surface area contributed by atoms with Crippen molar-refractivity contribution in [3.63, 3.8) is 0 Å². The van der Waals surface area contributed by atoms with Crippen LogP contribution in [-0.2, 0) is 6.18 Å². The van der Waals surface area contributed by atoms with E-state index in [1.807, 2.05) is 18.7 Å². The number of nitrogens with zero attached hydrogens (tertiary/aromatic N) is 5. The van der Waals surface area contributed by atoms with Crippen LogP contribution in [0.1, 0.15) is 16.7 Å². The molecule has 3 aromatic rings. The zero-order chi connectivity index (χ0) is 22.2. The standard InChI is InChI=1S/C22H21F4N5/c1-14-15(2)21(29-28-20(14)16-3-6-18(23)7-4-16)31-11-9-30(10-12-31)19-8-5-17(13-27-19)22(24,25)26/h3-8,13H,9-12H2,1-2H3. The highest BCUT2D eigenvalue weighted by atomic mass is 19.4. The minimum Gasteiger partial charge on any atom is -0.353 e. The van der Waals surface area contributed by atoms with Gasteiger partial charge in [-0.1, -0.05) is 0 Å². The quantitative estimate of drug-likeness (QED) is 0.566. The van der Waals surface area contributed by atoms with Crippen molar-refractivity contribution in [3.05, 3.63) is 65.1 Å². The first-order valence-corrected chi connectivity index (χ1v) is 9.87. The van der Waals surface area contributed by atoms with Crippen molar-refractivity contribution in [1.29, 1.82) is 0 Å². The van der Waals surface area contributed by atoms with Crippen molar-refractivity contribution in [2.24, 2.45) is 0 Å². The van der Waals surface area contributed by atoms with E-state index in [1.165, 1.54) is 18.2 Å². The van der Waals surface area contributed by atoms with E-state index in [0.717, 1.165) is 34.8 Å². The van der Waals surface area contributed by atoms with E-state index < -0.39 is 11.7 Å². The van der Waals surface area contributed by atoms with E-state index in [-0.39, 0.29) is 5.82 Å². The lowest BCUT2D eigenvalue weighted by molar-refractivity contribution is -0.137. The molecule has 0 atom stereocenters. The van der Waals surface area contributed by atoms with Gasteiger partial charge in [-0.2, -0.15) is 13.2 Å². The van der Waals surface area contributed by atoms with Gasteiger partial charge in [0, 0.05) is 37.9 Å². The highest BCUT2D eigenvalue weighted by Crippen LogP contribution is 2.31. The maximum Gasteiger partial charge on any atom is 0.417 e. The van der Waals surface area contributed by atoms with Gasteiger partial charge in [0.1, 0.15) is 11.6 Å². The van der Waals surface area contributed by atoms with Crippen LogP contribution in [0.25, 0.3) is 11.3 Å². The third-order valence-electron chi connectivity index (χ3n) is 5.59. The lowest BCUT2D eigenvalue weighted by Crippen LogP contribution is -2.47. The van der Waals surface area contributed by atoms with Crippen molar-refractivity contribution >= 4 is 11.6 Å². The molecule has 2 aromatic heterocycles. The van der Waals surface area contributed by atoms with Crippen LogP contribution in [0.15, 0.2) is 42.6 Å². The van der Waals surface area contributed by atoms with E-state index in [0.29, 0.717) is 37.7 Å². The Morgan fingerprint density at radius 3 is 2.03 bits per heavy atom. The normalized spacial score (nSPS) is 14.8. The Morgan fingerprint density at radius 2 is 1.45 bits per heavy atom. The van der Waals surface area contributed by atoms with E-state index in [2.05, 4.69) is 20.1 Å². The fourth-order valence-electron chi connectivity index (χ4n) is 3.66. The minimum absolute atomic E-state index is 0.303. The Balaban J connectivity index is 1.47. The molecule has 1 aliphatic rings. The Bertz CT molecular complexity index is 1060. The lowest BCUT2D eigenvalue weighted by atomic mass is 10.0. The van der Waals surface area contributed by atoms with Crippen LogP contribution in [0.4, 0.5) is 29.2 Å². The van der Waals surface area contributed by atoms with Gasteiger partial charge in [0.15, 0.2) is 5.82 Å². The van der Waals surface area contributed by atoms with Gasteiger partial charge >= 0.3 is 6.18 Å². The SMILES string of the molecule is Cc1c(-c2ccc(F)cc2)nnc(N2CCN(c3ccc(C(F)(F)F)cn3)CC2)c1C. The molecule has 1 aromatic carbocycles. The lowest BCUT2D eigenvalue weighted by Gasteiger charge is -2.36. The summed E-state index contributed by atoms with van der Waals surface area (Å²) in [6, 6.07) is 8.62. The van der Waals surface area contributed by atoms with Crippen LogP contribution in [0.3, 0.4) is 0 Å². The zero-order valence-electron chi connectivity index (χ0n) is 17.1. The summed E-state index contributed by atoms with van der Waals surface area (Å²) >= 11 is 0. The zero-order valence-corrected chi connectivity index (χ0v) is 17.1. The Labute approximate surface area is 177 Å². The van der Waals surface area contributed by atoms with Gasteiger partial charge in [-0.15, -0.1) is 10.2 Å². The van der Waals surface area contributed by atoms with Crippen LogP contribution in [0, 0.1) is 19.7 Å². The van der Waals surface area contributed by atoms with E-state index in [4.69, 9.17) is 0 Å². The second kappa shape index (κ2) is 8.13. The van der Waals surface area contributed by atoms with Gasteiger partial charge in [0.2, 0.25) is 0 Å². The number of rotatable bonds is 3. The summed E-state index contributed by atoms with van der Waals surface area (Å²) in [5, 5.41) is 8.80. The smallest absolute Gasteiger partial charge is 0.353 e. The van der Waals surface area contributed by atoms with Crippen molar-refractivity contribution in [1.82, 2.24) is 15.2 Å². The van der Waals surface area contributed by atoms with Crippen LogP contribution < -0.4 is 9.80 Å². The van der Waals surface area contributed by atoms with Crippen LogP contribution in [0.5, 0.6) is 0 Å². The number of hydrogen-bond donors (Lipinski definition) is 0. The molecule has 0 unspecified atom stereocenters. The fourth-order valence-corrected chi connectivity index (χ4v) is 3.66. The molecule has 3 heterocycles. The summed E-state index contributed by atoms with van der Waals surface area (Å²) in [6.07, 6.45) is -3.52. The molecule has 1 fully saturated rings. The third-order valence-corrected chi connectivity index (χ3v) is 5.59. The first-order valence-electron chi connectivity index (χ1n) is 9.87. The maximum absolute atomic E-state index is 13.2. The van der Waals surface area contributed by atoms with Crippen molar-refractivity contribution in [3.8, 4) is 11.3 Å². The van der Waals surface area contributed by atoms with Gasteiger partial charge in [-0.3, -0.25) is 0 Å². The second-order valence-electron chi connectivity index (χ2n) is 7.51. The second-order valence-corrected chi connectivity index (χ2v) is 7.51. The van der Waals surface area contributed by atoms with Crippen LogP contribution >= 0.6 is 0 Å². The average molecular weight is 431 g/mol.